The van der Waals surface area contributed by atoms with E-state index in [9.17, 15) is 20.1 Å². The maximum absolute atomic E-state index is 14.8. The van der Waals surface area contributed by atoms with E-state index in [1.54, 1.807) is 40.3 Å². The van der Waals surface area contributed by atoms with Crippen LogP contribution < -0.4 is 10.1 Å². The number of urea groups is 1. The van der Waals surface area contributed by atoms with Gasteiger partial charge >= 0.3 is 6.03 Å². The fourth-order valence-corrected chi connectivity index (χ4v) is 6.99. The maximum Gasteiger partial charge on any atom is 0.324 e. The number of β-amino-alcohol motifs (C(OH)–C–C–N with tert-alkyl or cyclic N) is 2. The highest BCUT2D eigenvalue weighted by atomic mass is 35.5. The van der Waals surface area contributed by atoms with Crippen molar-refractivity contribution in [3.63, 3.8) is 0 Å². The smallest absolute Gasteiger partial charge is 0.324 e. The zero-order chi connectivity index (χ0) is 35.0. The number of amidine groups is 1. The maximum atomic E-state index is 14.8. The van der Waals surface area contributed by atoms with Crippen LogP contribution in [0.15, 0.2) is 65.8 Å². The van der Waals surface area contributed by atoms with Gasteiger partial charge in [0.25, 0.3) is 0 Å². The number of aliphatic imine (C=N–C) groups is 1. The van der Waals surface area contributed by atoms with Crippen molar-refractivity contribution in [2.45, 2.75) is 76.3 Å². The number of halogens is 2. The number of aliphatic hydroxyl groups excluding tert-OH is 3. The second kappa shape index (κ2) is 13.9. The quantitative estimate of drug-likeness (QED) is 0.245. The normalized spacial score (nSPS) is 26.1. The molecule has 0 bridgehead atoms. The van der Waals surface area contributed by atoms with Gasteiger partial charge in [0.2, 0.25) is 0 Å². The molecular weight excluding hydrogens is 653 g/mol. The summed E-state index contributed by atoms with van der Waals surface area (Å²) < 4.78 is 6.20. The van der Waals surface area contributed by atoms with Crippen LogP contribution in [0.1, 0.15) is 63.9 Å². The lowest BCUT2D eigenvalue weighted by Gasteiger charge is -2.45. The molecule has 1 saturated heterocycles. The molecule has 0 unspecified atom stereocenters. The van der Waals surface area contributed by atoms with Gasteiger partial charge in [-0.1, -0.05) is 68.2 Å². The molecule has 3 heterocycles. The van der Waals surface area contributed by atoms with E-state index in [-0.39, 0.29) is 31.7 Å². The molecule has 2 aliphatic heterocycles. The van der Waals surface area contributed by atoms with Gasteiger partial charge in [-0.25, -0.2) is 4.79 Å². The van der Waals surface area contributed by atoms with E-state index in [2.05, 4.69) is 26.1 Å². The van der Waals surface area contributed by atoms with Crippen LogP contribution in [-0.4, -0.2) is 93.1 Å². The van der Waals surface area contributed by atoms with Crippen molar-refractivity contribution in [1.82, 2.24) is 20.1 Å². The van der Waals surface area contributed by atoms with Gasteiger partial charge in [-0.15, -0.1) is 0 Å². The highest BCUT2D eigenvalue weighted by molar-refractivity contribution is 6.30. The number of hydrogen-bond acceptors (Lipinski definition) is 8. The number of pyridine rings is 1. The highest BCUT2D eigenvalue weighted by Crippen LogP contribution is 2.53. The van der Waals surface area contributed by atoms with Crippen LogP contribution >= 0.6 is 23.2 Å². The number of aromatic nitrogens is 1. The Kier molecular flexibility index (Phi) is 10.5. The molecule has 48 heavy (non-hydrogen) atoms. The van der Waals surface area contributed by atoms with Crippen LogP contribution in [0.3, 0.4) is 0 Å². The first-order valence-corrected chi connectivity index (χ1v) is 17.0. The molecule has 0 aliphatic carbocycles. The number of nitrogens with one attached hydrogen (secondary N) is 1. The van der Waals surface area contributed by atoms with Gasteiger partial charge in [0, 0.05) is 53.1 Å². The first-order chi connectivity index (χ1) is 22.6. The fourth-order valence-electron chi connectivity index (χ4n) is 6.74. The zero-order valence-corrected chi connectivity index (χ0v) is 29.8. The lowest BCUT2D eigenvalue weighted by molar-refractivity contribution is 0.0370. The summed E-state index contributed by atoms with van der Waals surface area (Å²) in [5, 5.41) is 35.0. The SMILES string of the molecule is CCOc1cc(C(C)(C)C)ncc1C1=N[C@@](C)(c2ccc(Cl)cc2)[C@@](C)(c2ccc(Cl)cc2)N1C(=O)NC[C@@H]1[C@@H](O)[C@@H](O)CN1CCO. The summed E-state index contributed by atoms with van der Waals surface area (Å²) in [5.41, 5.74) is 0.485. The number of nitrogens with zero attached hydrogens (tertiary/aromatic N) is 4. The van der Waals surface area contributed by atoms with Crippen LogP contribution in [0.4, 0.5) is 4.79 Å². The Bertz CT molecular complexity index is 1650. The van der Waals surface area contributed by atoms with E-state index in [1.807, 2.05) is 51.1 Å². The minimum atomic E-state index is -1.14. The van der Waals surface area contributed by atoms with Crippen molar-refractivity contribution in [2.75, 3.05) is 32.8 Å². The number of ether oxygens (including phenoxy) is 1. The van der Waals surface area contributed by atoms with Gasteiger partial charge < -0.3 is 25.4 Å². The molecule has 4 N–H and O–H groups in total. The molecule has 12 heteroatoms. The Morgan fingerprint density at radius 3 is 2.21 bits per heavy atom. The Morgan fingerprint density at radius 1 is 1.04 bits per heavy atom. The number of likely N-dealkylation sites (tertiary alicyclic amines) is 1. The zero-order valence-electron chi connectivity index (χ0n) is 28.2. The summed E-state index contributed by atoms with van der Waals surface area (Å²) in [6.07, 6.45) is -0.402. The molecule has 2 aromatic carbocycles. The lowest BCUT2D eigenvalue weighted by Crippen LogP contribution is -2.59. The largest absolute Gasteiger partial charge is 0.493 e. The Morgan fingerprint density at radius 2 is 1.65 bits per heavy atom. The molecule has 2 aliphatic rings. The molecular formula is C36H45Cl2N5O5. The van der Waals surface area contributed by atoms with Crippen LogP contribution in [-0.2, 0) is 16.5 Å². The second-order valence-corrected chi connectivity index (χ2v) is 14.6. The summed E-state index contributed by atoms with van der Waals surface area (Å²) in [6.45, 7) is 12.7. The standard InChI is InChI=1S/C36H45Cl2N5O5/c1-7-48-29-18-30(34(2,3)4)39-19-26(29)32-41-35(5,22-8-12-24(37)13-9-22)36(6,23-10-14-25(38)15-11-23)43(32)33(47)40-20-27-31(46)28(45)21-42(27)16-17-44/h8-15,18-19,27-28,31,44-46H,7,16-17,20-21H2,1-6H3,(H,40,47)/t27-,28+,31-,35+,36-/m1/s1. The Hall–Kier alpha value is -3.25. The van der Waals surface area contributed by atoms with Crippen LogP contribution in [0, 0.1) is 0 Å². The number of hydrogen-bond donors (Lipinski definition) is 4. The minimum absolute atomic E-state index is 0.00866. The van der Waals surface area contributed by atoms with Gasteiger partial charge in [0.1, 0.15) is 22.7 Å². The monoisotopic (exact) mass is 697 g/mol. The van der Waals surface area contributed by atoms with Gasteiger partial charge in [-0.05, 0) is 56.2 Å². The first kappa shape index (κ1) is 36.0. The Labute approximate surface area is 292 Å². The number of carbonyl (C=O) groups excluding carboxylic acids is 1. The van der Waals surface area contributed by atoms with Crippen LogP contribution in [0.25, 0.3) is 0 Å². The van der Waals surface area contributed by atoms with Crippen molar-refractivity contribution < 1.29 is 24.9 Å². The first-order valence-electron chi connectivity index (χ1n) is 16.2. The molecule has 5 rings (SSSR count). The Balaban J connectivity index is 1.70. The predicted octanol–water partition coefficient (Wildman–Crippen LogP) is 5.09. The third kappa shape index (κ3) is 6.54. The number of amides is 2. The lowest BCUT2D eigenvalue weighted by atomic mass is 9.71. The molecule has 5 atom stereocenters. The number of carbonyl (C=O) groups is 1. The minimum Gasteiger partial charge on any atom is -0.493 e. The molecule has 1 fully saturated rings. The molecule has 0 spiro atoms. The third-order valence-corrected chi connectivity index (χ3v) is 10.2. The van der Waals surface area contributed by atoms with Crippen molar-refractivity contribution in [1.29, 1.82) is 0 Å². The number of aliphatic hydroxyl groups is 3. The summed E-state index contributed by atoms with van der Waals surface area (Å²) in [7, 11) is 0. The molecule has 1 aromatic heterocycles. The summed E-state index contributed by atoms with van der Waals surface area (Å²) >= 11 is 12.7. The molecule has 0 radical (unpaired) electrons. The fraction of sp³-hybridized carbons (Fsp3) is 0.472. The van der Waals surface area contributed by atoms with Gasteiger partial charge in [-0.2, -0.15) is 0 Å². The molecule has 258 valence electrons. The molecule has 10 nitrogen and oxygen atoms in total. The topological polar surface area (TPSA) is 131 Å². The van der Waals surface area contributed by atoms with Crippen molar-refractivity contribution in [3.05, 3.63) is 93.2 Å². The number of rotatable bonds is 9. The highest BCUT2D eigenvalue weighted by Gasteiger charge is 2.60. The van der Waals surface area contributed by atoms with Crippen LogP contribution in [0.5, 0.6) is 5.75 Å². The van der Waals surface area contributed by atoms with Crippen molar-refractivity contribution >= 4 is 35.1 Å². The van der Waals surface area contributed by atoms with E-state index in [4.69, 9.17) is 37.9 Å². The average molecular weight is 699 g/mol. The van der Waals surface area contributed by atoms with Gasteiger partial charge in [0.15, 0.2) is 0 Å². The van der Waals surface area contributed by atoms with Crippen molar-refractivity contribution in [3.8, 4) is 5.75 Å². The second-order valence-electron chi connectivity index (χ2n) is 13.7. The summed E-state index contributed by atoms with van der Waals surface area (Å²) in [6, 6.07) is 15.6. The van der Waals surface area contributed by atoms with E-state index in [0.29, 0.717) is 33.8 Å². The van der Waals surface area contributed by atoms with Gasteiger partial charge in [0.05, 0.1) is 37.0 Å². The van der Waals surface area contributed by atoms with Gasteiger partial charge in [-0.3, -0.25) is 19.8 Å². The van der Waals surface area contributed by atoms with Crippen LogP contribution in [0.2, 0.25) is 10.0 Å². The van der Waals surface area contributed by atoms with Crippen molar-refractivity contribution in [2.24, 2.45) is 4.99 Å². The molecule has 2 amide bonds. The van der Waals surface area contributed by atoms with E-state index < -0.39 is 35.4 Å². The molecule has 0 saturated carbocycles. The summed E-state index contributed by atoms with van der Waals surface area (Å²) in [4.78, 5) is 28.4. The average Bonchev–Trinajstić information content (AvgIpc) is 3.45. The number of benzene rings is 2. The van der Waals surface area contributed by atoms with E-state index in [1.165, 1.54) is 0 Å². The predicted molar refractivity (Wildman–Crippen MR) is 188 cm³/mol. The van der Waals surface area contributed by atoms with E-state index in [0.717, 1.165) is 16.8 Å². The summed E-state index contributed by atoms with van der Waals surface area (Å²) in [5.74, 6) is 0.884. The van der Waals surface area contributed by atoms with E-state index >= 15 is 0 Å². The molecule has 3 aromatic rings. The third-order valence-electron chi connectivity index (χ3n) is 9.66.